The first-order valence-electron chi connectivity index (χ1n) is 6.80. The highest BCUT2D eigenvalue weighted by molar-refractivity contribution is 5.97. The average Bonchev–Trinajstić information content (AvgIpc) is 2.38. The number of nitrogens with two attached hydrogens (primary N) is 1. The van der Waals surface area contributed by atoms with Gasteiger partial charge in [-0.3, -0.25) is 4.79 Å². The quantitative estimate of drug-likeness (QED) is 0.834. The number of benzene rings is 1. The number of hydrogen-bond donors (Lipinski definition) is 1. The summed E-state index contributed by atoms with van der Waals surface area (Å²) in [5.74, 6) is 0.589. The van der Waals surface area contributed by atoms with Crippen molar-refractivity contribution in [3.63, 3.8) is 0 Å². The van der Waals surface area contributed by atoms with Gasteiger partial charge in [0.25, 0.3) is 5.91 Å². The summed E-state index contributed by atoms with van der Waals surface area (Å²) in [6.07, 6.45) is 3.31. The highest BCUT2D eigenvalue weighted by Crippen LogP contribution is 2.28. The molecule has 1 aromatic rings. The van der Waals surface area contributed by atoms with Gasteiger partial charge in [0.1, 0.15) is 5.75 Å². The van der Waals surface area contributed by atoms with Gasteiger partial charge in [0.15, 0.2) is 0 Å². The number of carbonyl (C=O) groups excluding carboxylic acids is 1. The Kier molecular flexibility index (Phi) is 3.98. The van der Waals surface area contributed by atoms with Crippen LogP contribution in [0.1, 0.15) is 43.5 Å². The molecule has 0 bridgehead atoms. The molecular weight excluding hydrogens is 240 g/mol. The lowest BCUT2D eigenvalue weighted by molar-refractivity contribution is 0.0507. The number of hydrogen-bond acceptors (Lipinski definition) is 3. The lowest BCUT2D eigenvalue weighted by Gasteiger charge is -2.39. The van der Waals surface area contributed by atoms with Gasteiger partial charge in [-0.05, 0) is 45.2 Å². The molecule has 0 radical (unpaired) electrons. The number of anilines is 1. The number of nitrogens with zero attached hydrogens (tertiary/aromatic N) is 1. The summed E-state index contributed by atoms with van der Waals surface area (Å²) >= 11 is 0. The van der Waals surface area contributed by atoms with E-state index in [4.69, 9.17) is 10.5 Å². The molecule has 4 heteroatoms. The molecule has 2 N–H and O–H groups in total. The lowest BCUT2D eigenvalue weighted by atomic mass is 9.96. The average molecular weight is 262 g/mol. The maximum Gasteiger partial charge on any atom is 0.258 e. The summed E-state index contributed by atoms with van der Waals surface area (Å²) in [4.78, 5) is 14.7. The number of nitrogen functional groups attached to an aromatic ring is 1. The fraction of sp³-hybridized carbons (Fsp3) is 0.533. The van der Waals surface area contributed by atoms with Gasteiger partial charge in [-0.2, -0.15) is 0 Å². The third-order valence-corrected chi connectivity index (χ3v) is 3.88. The zero-order valence-corrected chi connectivity index (χ0v) is 11.8. The molecule has 1 fully saturated rings. The van der Waals surface area contributed by atoms with Gasteiger partial charge in [-0.15, -0.1) is 0 Å². The summed E-state index contributed by atoms with van der Waals surface area (Å²) in [6.45, 7) is 4.22. The highest BCUT2D eigenvalue weighted by atomic mass is 16.5. The summed E-state index contributed by atoms with van der Waals surface area (Å²) < 4.78 is 5.28. The maximum absolute atomic E-state index is 12.7. The standard InChI is InChI=1S/C15H22N2O2/c1-10-5-4-6-11(2)17(10)15(18)13-8-7-12(16)9-14(13)19-3/h7-11H,4-6,16H2,1-3H3. The number of methoxy groups -OCH3 is 1. The van der Waals surface area contributed by atoms with Crippen LogP contribution in [0.25, 0.3) is 0 Å². The Morgan fingerprint density at radius 3 is 2.53 bits per heavy atom. The minimum Gasteiger partial charge on any atom is -0.496 e. The van der Waals surface area contributed by atoms with Gasteiger partial charge in [-0.1, -0.05) is 0 Å². The SMILES string of the molecule is COc1cc(N)ccc1C(=O)N1C(C)CCCC1C. The van der Waals surface area contributed by atoms with Crippen molar-refractivity contribution < 1.29 is 9.53 Å². The third kappa shape index (κ3) is 2.67. The van der Waals surface area contributed by atoms with Gasteiger partial charge in [0.2, 0.25) is 0 Å². The number of rotatable bonds is 2. The van der Waals surface area contributed by atoms with Crippen LogP contribution in [-0.2, 0) is 0 Å². The van der Waals surface area contributed by atoms with Crippen LogP contribution in [0, 0.1) is 0 Å². The molecule has 1 aliphatic heterocycles. The molecule has 1 saturated heterocycles. The molecule has 1 heterocycles. The Hall–Kier alpha value is -1.71. The van der Waals surface area contributed by atoms with Crippen molar-refractivity contribution in [2.45, 2.75) is 45.2 Å². The van der Waals surface area contributed by atoms with Gasteiger partial charge in [-0.25, -0.2) is 0 Å². The Morgan fingerprint density at radius 1 is 1.32 bits per heavy atom. The van der Waals surface area contributed by atoms with Crippen molar-refractivity contribution in [1.29, 1.82) is 0 Å². The Morgan fingerprint density at radius 2 is 1.95 bits per heavy atom. The molecule has 0 spiro atoms. The second kappa shape index (κ2) is 5.51. The van der Waals surface area contributed by atoms with Crippen molar-refractivity contribution >= 4 is 11.6 Å². The number of carbonyl (C=O) groups is 1. The Bertz CT molecular complexity index is 463. The summed E-state index contributed by atoms with van der Waals surface area (Å²) in [6, 6.07) is 5.75. The van der Waals surface area contributed by atoms with Crippen molar-refractivity contribution in [3.8, 4) is 5.75 Å². The fourth-order valence-corrected chi connectivity index (χ4v) is 2.85. The molecule has 2 rings (SSSR count). The van der Waals surface area contributed by atoms with Crippen molar-refractivity contribution in [2.75, 3.05) is 12.8 Å². The van der Waals surface area contributed by atoms with E-state index in [1.54, 1.807) is 25.3 Å². The second-order valence-corrected chi connectivity index (χ2v) is 5.30. The molecular formula is C15H22N2O2. The first kappa shape index (κ1) is 13.7. The van der Waals surface area contributed by atoms with Crippen molar-refractivity contribution in [3.05, 3.63) is 23.8 Å². The molecule has 4 nitrogen and oxygen atoms in total. The zero-order valence-electron chi connectivity index (χ0n) is 11.8. The number of likely N-dealkylation sites (tertiary alicyclic amines) is 1. The predicted octanol–water partition coefficient (Wildman–Crippen LogP) is 2.68. The van der Waals surface area contributed by atoms with Crippen LogP contribution < -0.4 is 10.5 Å². The van der Waals surface area contributed by atoms with E-state index in [0.29, 0.717) is 17.0 Å². The fourth-order valence-electron chi connectivity index (χ4n) is 2.85. The van der Waals surface area contributed by atoms with E-state index in [1.807, 2.05) is 4.90 Å². The van der Waals surface area contributed by atoms with E-state index in [1.165, 1.54) is 6.42 Å². The molecule has 1 aliphatic rings. The largest absolute Gasteiger partial charge is 0.496 e. The van der Waals surface area contributed by atoms with Crippen LogP contribution in [0.15, 0.2) is 18.2 Å². The Labute approximate surface area is 114 Å². The van der Waals surface area contributed by atoms with Crippen LogP contribution in [0.3, 0.4) is 0 Å². The number of amides is 1. The van der Waals surface area contributed by atoms with Gasteiger partial charge in [0, 0.05) is 23.8 Å². The monoisotopic (exact) mass is 262 g/mol. The van der Waals surface area contributed by atoms with Crippen molar-refractivity contribution in [2.24, 2.45) is 0 Å². The second-order valence-electron chi connectivity index (χ2n) is 5.30. The first-order valence-corrected chi connectivity index (χ1v) is 6.80. The molecule has 1 amide bonds. The molecule has 1 aromatic carbocycles. The Balaban J connectivity index is 2.32. The molecule has 2 unspecified atom stereocenters. The molecule has 19 heavy (non-hydrogen) atoms. The topological polar surface area (TPSA) is 55.6 Å². The molecule has 0 aliphatic carbocycles. The third-order valence-electron chi connectivity index (χ3n) is 3.88. The van der Waals surface area contributed by atoms with E-state index in [9.17, 15) is 4.79 Å². The van der Waals surface area contributed by atoms with Crippen LogP contribution in [0.2, 0.25) is 0 Å². The molecule has 0 aromatic heterocycles. The van der Waals surface area contributed by atoms with Crippen molar-refractivity contribution in [1.82, 2.24) is 4.90 Å². The van der Waals surface area contributed by atoms with E-state index in [2.05, 4.69) is 13.8 Å². The number of piperidine rings is 1. The summed E-state index contributed by atoms with van der Waals surface area (Å²) in [5.41, 5.74) is 6.93. The normalized spacial score (nSPS) is 23.2. The van der Waals surface area contributed by atoms with E-state index in [0.717, 1.165) is 12.8 Å². The molecule has 104 valence electrons. The van der Waals surface area contributed by atoms with Gasteiger partial charge >= 0.3 is 0 Å². The first-order chi connectivity index (χ1) is 9.04. The highest BCUT2D eigenvalue weighted by Gasteiger charge is 2.30. The van der Waals surface area contributed by atoms with E-state index >= 15 is 0 Å². The van der Waals surface area contributed by atoms with E-state index < -0.39 is 0 Å². The molecule has 2 atom stereocenters. The lowest BCUT2D eigenvalue weighted by Crippen LogP contribution is -2.47. The van der Waals surface area contributed by atoms with E-state index in [-0.39, 0.29) is 18.0 Å². The van der Waals surface area contributed by atoms with Crippen LogP contribution in [0.4, 0.5) is 5.69 Å². The van der Waals surface area contributed by atoms with Gasteiger partial charge < -0.3 is 15.4 Å². The maximum atomic E-state index is 12.7. The van der Waals surface area contributed by atoms with Crippen LogP contribution >= 0.6 is 0 Å². The minimum absolute atomic E-state index is 0.0385. The van der Waals surface area contributed by atoms with Crippen LogP contribution in [-0.4, -0.2) is 30.0 Å². The zero-order chi connectivity index (χ0) is 14.0. The van der Waals surface area contributed by atoms with Crippen LogP contribution in [0.5, 0.6) is 5.75 Å². The summed E-state index contributed by atoms with van der Waals surface area (Å²) in [5, 5.41) is 0. The van der Waals surface area contributed by atoms with Gasteiger partial charge in [0.05, 0.1) is 12.7 Å². The minimum atomic E-state index is 0.0385. The smallest absolute Gasteiger partial charge is 0.258 e. The number of ether oxygens (including phenoxy) is 1. The predicted molar refractivity (Wildman–Crippen MR) is 76.4 cm³/mol. The molecule has 0 saturated carbocycles. The summed E-state index contributed by atoms with van der Waals surface area (Å²) in [7, 11) is 1.56.